The molecule has 1 aliphatic heterocycles. The first-order valence-corrected chi connectivity index (χ1v) is 12.9. The topological polar surface area (TPSA) is 86.8 Å². The summed E-state index contributed by atoms with van der Waals surface area (Å²) in [7, 11) is 0. The number of pyridine rings is 1. The van der Waals surface area contributed by atoms with Crippen LogP contribution < -0.4 is 20.4 Å². The van der Waals surface area contributed by atoms with Crippen molar-refractivity contribution in [3.63, 3.8) is 0 Å². The molecule has 8 nitrogen and oxygen atoms in total. The molecule has 0 atom stereocenters. The Morgan fingerprint density at radius 1 is 1.03 bits per heavy atom. The monoisotopic (exact) mass is 577 g/mol. The third kappa shape index (κ3) is 6.17. The molecule has 39 heavy (non-hydrogen) atoms. The SMILES string of the molecule is CCN1C(=O)N(c2c(F)cc(NCCNC(=O)OC(C)(C)C)cc2F)c2cc(Cl)ccc2-c2cc(Cl)cnc21. The van der Waals surface area contributed by atoms with E-state index in [1.807, 2.05) is 0 Å². The van der Waals surface area contributed by atoms with Gasteiger partial charge in [-0.15, -0.1) is 0 Å². The van der Waals surface area contributed by atoms with Crippen LogP contribution in [0.5, 0.6) is 0 Å². The quantitative estimate of drug-likeness (QED) is 0.299. The first kappa shape index (κ1) is 28.4. The Labute approximate surface area is 234 Å². The van der Waals surface area contributed by atoms with Gasteiger partial charge in [-0.2, -0.15) is 0 Å². The highest BCUT2D eigenvalue weighted by atomic mass is 35.5. The largest absolute Gasteiger partial charge is 0.444 e. The van der Waals surface area contributed by atoms with Crippen LogP contribution in [0.15, 0.2) is 42.6 Å². The van der Waals surface area contributed by atoms with Gasteiger partial charge in [0.2, 0.25) is 0 Å². The number of benzene rings is 2. The van der Waals surface area contributed by atoms with Gasteiger partial charge in [-0.05, 0) is 58.0 Å². The fourth-order valence-electron chi connectivity index (χ4n) is 4.15. The lowest BCUT2D eigenvalue weighted by Crippen LogP contribution is -2.41. The van der Waals surface area contributed by atoms with Crippen molar-refractivity contribution >= 4 is 58.2 Å². The average molecular weight is 578 g/mol. The number of urea groups is 1. The van der Waals surface area contributed by atoms with E-state index in [1.54, 1.807) is 45.9 Å². The molecular formula is C27H27Cl2F2N5O3. The standard InChI is InChI=1S/C27H27Cl2F2N5O3/c1-5-35-24-19(10-16(29)14-34-24)18-7-6-15(28)11-22(18)36(26(35)38)23-20(30)12-17(13-21(23)31)32-8-9-33-25(37)39-27(2,3)4/h6-7,10-14,32H,5,8-9H2,1-4H3,(H,33,37). The predicted octanol–water partition coefficient (Wildman–Crippen LogP) is 7.37. The zero-order valence-corrected chi connectivity index (χ0v) is 23.3. The number of amides is 3. The predicted molar refractivity (Wildman–Crippen MR) is 149 cm³/mol. The van der Waals surface area contributed by atoms with Crippen molar-refractivity contribution in [1.29, 1.82) is 0 Å². The van der Waals surface area contributed by atoms with Crippen molar-refractivity contribution < 1.29 is 23.1 Å². The summed E-state index contributed by atoms with van der Waals surface area (Å²) in [5.74, 6) is -1.66. The van der Waals surface area contributed by atoms with Gasteiger partial charge in [0.25, 0.3) is 0 Å². The Balaban J connectivity index is 1.67. The van der Waals surface area contributed by atoms with E-state index in [1.165, 1.54) is 17.2 Å². The van der Waals surface area contributed by atoms with Gasteiger partial charge in [0.1, 0.15) is 17.1 Å². The minimum absolute atomic E-state index is 0.123. The van der Waals surface area contributed by atoms with Gasteiger partial charge in [-0.1, -0.05) is 29.3 Å². The van der Waals surface area contributed by atoms with E-state index in [9.17, 15) is 9.59 Å². The zero-order valence-electron chi connectivity index (χ0n) is 21.7. The molecule has 0 bridgehead atoms. The number of carbonyl (C=O) groups is 2. The van der Waals surface area contributed by atoms with E-state index in [4.69, 9.17) is 27.9 Å². The van der Waals surface area contributed by atoms with Crippen LogP contribution in [-0.4, -0.2) is 42.3 Å². The van der Waals surface area contributed by atoms with Crippen LogP contribution in [0.25, 0.3) is 11.1 Å². The number of carbonyl (C=O) groups excluding carboxylic acids is 2. The van der Waals surface area contributed by atoms with Crippen LogP contribution in [0.2, 0.25) is 10.0 Å². The number of rotatable bonds is 6. The molecule has 0 spiro atoms. The molecule has 4 rings (SSSR count). The number of fused-ring (bicyclic) bond motifs is 3. The average Bonchev–Trinajstić information content (AvgIpc) is 2.93. The number of nitrogens with one attached hydrogen (secondary N) is 2. The maximum absolute atomic E-state index is 15.6. The minimum Gasteiger partial charge on any atom is -0.444 e. The molecule has 2 N–H and O–H groups in total. The van der Waals surface area contributed by atoms with Gasteiger partial charge in [0, 0.05) is 47.7 Å². The number of nitrogens with zero attached hydrogens (tertiary/aromatic N) is 3. The van der Waals surface area contributed by atoms with Gasteiger partial charge >= 0.3 is 12.1 Å². The second kappa shape index (κ2) is 11.2. The third-order valence-electron chi connectivity index (χ3n) is 5.68. The number of hydrogen-bond acceptors (Lipinski definition) is 5. The van der Waals surface area contributed by atoms with Crippen molar-refractivity contribution in [2.75, 3.05) is 34.8 Å². The lowest BCUT2D eigenvalue weighted by molar-refractivity contribution is 0.0530. The third-order valence-corrected chi connectivity index (χ3v) is 6.12. The van der Waals surface area contributed by atoms with Crippen molar-refractivity contribution in [3.05, 3.63) is 64.3 Å². The molecule has 0 saturated heterocycles. The lowest BCUT2D eigenvalue weighted by Gasteiger charge is -2.28. The lowest BCUT2D eigenvalue weighted by atomic mass is 10.0. The fraction of sp³-hybridized carbons (Fsp3) is 0.296. The van der Waals surface area contributed by atoms with Crippen LogP contribution in [0.4, 0.5) is 41.2 Å². The van der Waals surface area contributed by atoms with Gasteiger partial charge in [0.15, 0.2) is 11.6 Å². The molecule has 0 fully saturated rings. The van der Waals surface area contributed by atoms with Crippen molar-refractivity contribution in [1.82, 2.24) is 10.3 Å². The van der Waals surface area contributed by atoms with Gasteiger partial charge in [0.05, 0.1) is 10.7 Å². The van der Waals surface area contributed by atoms with Gasteiger partial charge < -0.3 is 15.4 Å². The summed E-state index contributed by atoms with van der Waals surface area (Å²) in [6.07, 6.45) is 0.798. The highest BCUT2D eigenvalue weighted by Gasteiger charge is 2.36. The number of hydrogen-bond donors (Lipinski definition) is 2. The van der Waals surface area contributed by atoms with Crippen molar-refractivity contribution in [2.24, 2.45) is 0 Å². The summed E-state index contributed by atoms with van der Waals surface area (Å²) >= 11 is 12.5. The van der Waals surface area contributed by atoms with Crippen LogP contribution in [-0.2, 0) is 4.74 Å². The molecule has 0 radical (unpaired) electrons. The summed E-state index contributed by atoms with van der Waals surface area (Å²) in [6.45, 7) is 7.44. The van der Waals surface area contributed by atoms with Gasteiger partial charge in [-0.25, -0.2) is 23.4 Å². The Morgan fingerprint density at radius 3 is 2.36 bits per heavy atom. The number of ether oxygens (including phenoxy) is 1. The van der Waals surface area contributed by atoms with Crippen LogP contribution in [0.1, 0.15) is 27.7 Å². The molecule has 2 aromatic carbocycles. The summed E-state index contributed by atoms with van der Waals surface area (Å²) in [6, 6.07) is 7.81. The van der Waals surface area contributed by atoms with Crippen molar-refractivity contribution in [3.8, 4) is 11.1 Å². The number of anilines is 4. The Hall–Kier alpha value is -3.63. The Kier molecular flexibility index (Phi) is 8.17. The molecule has 1 aliphatic rings. The summed E-state index contributed by atoms with van der Waals surface area (Å²) < 4.78 is 36.3. The highest BCUT2D eigenvalue weighted by molar-refractivity contribution is 6.32. The van der Waals surface area contributed by atoms with Crippen molar-refractivity contribution in [2.45, 2.75) is 33.3 Å². The normalized spacial score (nSPS) is 13.0. The maximum atomic E-state index is 15.6. The number of aromatic nitrogens is 1. The molecule has 0 saturated carbocycles. The second-order valence-electron chi connectivity index (χ2n) is 9.69. The molecular weight excluding hydrogens is 551 g/mol. The number of halogens is 4. The van der Waals surface area contributed by atoms with Crippen LogP contribution in [0.3, 0.4) is 0 Å². The maximum Gasteiger partial charge on any atom is 0.407 e. The van der Waals surface area contributed by atoms with E-state index in [-0.39, 0.29) is 36.0 Å². The minimum atomic E-state index is -0.982. The molecule has 1 aromatic heterocycles. The number of alkyl carbamates (subject to hydrolysis) is 1. The molecule has 3 amide bonds. The summed E-state index contributed by atoms with van der Waals surface area (Å²) in [5.41, 5.74) is 0.0699. The molecule has 206 valence electrons. The van der Waals surface area contributed by atoms with Crippen LogP contribution >= 0.6 is 23.2 Å². The molecule has 12 heteroatoms. The highest BCUT2D eigenvalue weighted by Crippen LogP contribution is 2.46. The van der Waals surface area contributed by atoms with E-state index >= 15 is 8.78 Å². The Bertz CT molecular complexity index is 1410. The molecule has 0 unspecified atom stereocenters. The smallest absolute Gasteiger partial charge is 0.407 e. The van der Waals surface area contributed by atoms with Gasteiger partial charge in [-0.3, -0.25) is 9.80 Å². The molecule has 2 heterocycles. The van der Waals surface area contributed by atoms with E-state index in [2.05, 4.69) is 15.6 Å². The van der Waals surface area contributed by atoms with E-state index < -0.39 is 35.0 Å². The zero-order chi connectivity index (χ0) is 28.5. The van der Waals surface area contributed by atoms with E-state index in [0.29, 0.717) is 22.0 Å². The molecule has 3 aromatic rings. The molecule has 0 aliphatic carbocycles. The second-order valence-corrected chi connectivity index (χ2v) is 10.6. The first-order chi connectivity index (χ1) is 18.4. The Morgan fingerprint density at radius 2 is 1.72 bits per heavy atom. The first-order valence-electron chi connectivity index (χ1n) is 12.2. The summed E-state index contributed by atoms with van der Waals surface area (Å²) in [4.78, 5) is 32.2. The summed E-state index contributed by atoms with van der Waals surface area (Å²) in [5, 5.41) is 6.02. The fourth-order valence-corrected chi connectivity index (χ4v) is 4.47. The van der Waals surface area contributed by atoms with E-state index in [0.717, 1.165) is 17.0 Å². The van der Waals surface area contributed by atoms with Crippen LogP contribution in [0, 0.1) is 11.6 Å².